The number of aliphatic hydroxyl groups is 1. The van der Waals surface area contributed by atoms with Crippen LogP contribution in [-0.2, 0) is 30.3 Å². The minimum atomic E-state index is -4.33. The summed E-state index contributed by atoms with van der Waals surface area (Å²) in [5.41, 5.74) is 10.1. The molecule has 8 heteroatoms. The van der Waals surface area contributed by atoms with Crippen molar-refractivity contribution in [2.24, 2.45) is 11.8 Å². The molecular formula is C56H67F3IrN2O2-2. The Labute approximate surface area is 400 Å². The second-order valence-corrected chi connectivity index (χ2v) is 18.2. The standard InChI is InChI=1S/C23H26N.C20H20N.C13H21F3O2.Ir/c1-15(2)17-7-8-21-18(13-17)9-10-24-22(21)19-11-16(3)12-20(14-19)23(4,5)6;1-13(2)16-5-6-19-17(12-16)7-8-21-20(19)18-10-14(3)9-15(4)11-18;1-4-9(5-2)11(17)7-12(18)10(6-3)8-13(14,15)16;/h7-10,12-15H,1-6H3;5-10,12-13H,1-4H3;7,9-10,18H,4-6,8H2,1-3H3;/q2*-1;;/b;;12-7-;/i9D,10D;7D,8D;;. The van der Waals surface area contributed by atoms with E-state index in [0.29, 0.717) is 24.7 Å². The van der Waals surface area contributed by atoms with Crippen LogP contribution in [-0.4, -0.2) is 27.0 Å². The number of pyridine rings is 2. The smallest absolute Gasteiger partial charge is 0.389 e. The van der Waals surface area contributed by atoms with Crippen LogP contribution in [0.15, 0.2) is 96.9 Å². The molecule has 345 valence electrons. The van der Waals surface area contributed by atoms with Crippen LogP contribution in [0.4, 0.5) is 13.2 Å². The van der Waals surface area contributed by atoms with Gasteiger partial charge in [-0.1, -0.05) is 126 Å². The molecule has 1 atom stereocenters. The first-order chi connectivity index (χ1) is 31.2. The van der Waals surface area contributed by atoms with E-state index in [2.05, 4.69) is 101 Å². The number of hydrogen-bond acceptors (Lipinski definition) is 4. The summed E-state index contributed by atoms with van der Waals surface area (Å²) in [6, 6.07) is 27.8. The van der Waals surface area contributed by atoms with Gasteiger partial charge in [0, 0.05) is 50.4 Å². The van der Waals surface area contributed by atoms with Crippen molar-refractivity contribution in [1.29, 1.82) is 0 Å². The van der Waals surface area contributed by atoms with Crippen molar-refractivity contribution in [1.82, 2.24) is 9.97 Å². The summed E-state index contributed by atoms with van der Waals surface area (Å²) in [4.78, 5) is 20.5. The van der Waals surface area contributed by atoms with Gasteiger partial charge in [0.1, 0.15) is 0 Å². The zero-order chi connectivity index (χ0) is 50.3. The maximum absolute atomic E-state index is 12.3. The molecule has 0 aliphatic rings. The summed E-state index contributed by atoms with van der Waals surface area (Å²) in [6.45, 7) is 26.4. The van der Waals surface area contributed by atoms with E-state index >= 15 is 0 Å². The van der Waals surface area contributed by atoms with E-state index in [1.165, 1.54) is 16.7 Å². The molecule has 0 saturated carbocycles. The first kappa shape index (κ1) is 47.3. The fraction of sp³-hybridized carbons (Fsp3) is 0.411. The molecule has 2 aromatic heterocycles. The number of fused-ring (bicyclic) bond motifs is 2. The molecule has 0 spiro atoms. The predicted octanol–water partition coefficient (Wildman–Crippen LogP) is 16.3. The molecule has 6 aromatic rings. The van der Waals surface area contributed by atoms with Crippen molar-refractivity contribution in [2.45, 2.75) is 139 Å². The van der Waals surface area contributed by atoms with Crippen molar-refractivity contribution in [3.05, 3.63) is 142 Å². The average Bonchev–Trinajstić information content (AvgIpc) is 3.24. The molecule has 1 N–H and O–H groups in total. The summed E-state index contributed by atoms with van der Waals surface area (Å²) in [5, 5.41) is 13.0. The van der Waals surface area contributed by atoms with Crippen LogP contribution in [0.25, 0.3) is 44.1 Å². The molecule has 64 heavy (non-hydrogen) atoms. The Morgan fingerprint density at radius 3 is 1.58 bits per heavy atom. The second kappa shape index (κ2) is 23.5. The zero-order valence-corrected chi connectivity index (χ0v) is 42.1. The maximum Gasteiger partial charge on any atom is 0.389 e. The number of aryl methyl sites for hydroxylation is 3. The molecule has 0 amide bonds. The van der Waals surface area contributed by atoms with Crippen molar-refractivity contribution in [3.63, 3.8) is 0 Å². The first-order valence-corrected chi connectivity index (χ1v) is 22.1. The minimum absolute atomic E-state index is 0. The number of aromatic nitrogens is 2. The molecule has 1 radical (unpaired) electrons. The number of rotatable bonds is 11. The maximum atomic E-state index is 12.3. The van der Waals surface area contributed by atoms with Crippen LogP contribution in [0.5, 0.6) is 0 Å². The summed E-state index contributed by atoms with van der Waals surface area (Å²) in [7, 11) is 0. The SMILES string of the molecule is CCC(CC)C(=O)/C=C(\O)C(CC)CC(F)(F)F.[2H]c1nc(-c2[c-]c(C)cc(C(C)(C)C)c2)c2ccc(C(C)C)cc2c1[2H].[2H]c1nc(-c2[c-]c(C)cc(C)c2)c2ccc(C(C)C)cc2c1[2H].[Ir]. The number of nitrogens with zero attached hydrogens (tertiary/aromatic N) is 2. The van der Waals surface area contributed by atoms with Crippen LogP contribution in [0.3, 0.4) is 0 Å². The summed E-state index contributed by atoms with van der Waals surface area (Å²) in [6.07, 6.45) is -3.04. The van der Waals surface area contributed by atoms with E-state index < -0.39 is 24.3 Å². The Bertz CT molecular complexity index is 2720. The van der Waals surface area contributed by atoms with Gasteiger partial charge in [-0.05, 0) is 92.7 Å². The van der Waals surface area contributed by atoms with Crippen molar-refractivity contribution >= 4 is 27.3 Å². The average molecular weight is 1050 g/mol. The summed E-state index contributed by atoms with van der Waals surface area (Å²) < 4.78 is 69.5. The third kappa shape index (κ3) is 15.0. The Morgan fingerprint density at radius 2 is 1.17 bits per heavy atom. The van der Waals surface area contributed by atoms with Gasteiger partial charge in [-0.2, -0.15) is 13.2 Å². The van der Waals surface area contributed by atoms with Gasteiger partial charge in [0.05, 0.1) is 17.7 Å². The molecule has 0 fully saturated rings. The fourth-order valence-electron chi connectivity index (χ4n) is 7.39. The number of hydrogen-bond donors (Lipinski definition) is 1. The van der Waals surface area contributed by atoms with E-state index in [1.54, 1.807) is 6.92 Å². The number of aliphatic hydroxyl groups excluding tert-OH is 1. The fourth-order valence-corrected chi connectivity index (χ4v) is 7.39. The van der Waals surface area contributed by atoms with Gasteiger partial charge in [0.25, 0.3) is 0 Å². The predicted molar refractivity (Wildman–Crippen MR) is 257 cm³/mol. The third-order valence-corrected chi connectivity index (χ3v) is 11.2. The molecule has 4 nitrogen and oxygen atoms in total. The molecule has 0 aliphatic carbocycles. The summed E-state index contributed by atoms with van der Waals surface area (Å²) in [5.74, 6) is -1.23. The Morgan fingerprint density at radius 1 is 0.719 bits per heavy atom. The summed E-state index contributed by atoms with van der Waals surface area (Å²) >= 11 is 0. The number of alkyl halides is 3. The van der Waals surface area contributed by atoms with Gasteiger partial charge >= 0.3 is 6.18 Å². The molecule has 0 bridgehead atoms. The van der Waals surface area contributed by atoms with E-state index in [-0.39, 0.29) is 68.1 Å². The van der Waals surface area contributed by atoms with Gasteiger partial charge in [0.2, 0.25) is 0 Å². The number of halogens is 3. The first-order valence-electron chi connectivity index (χ1n) is 24.1. The van der Waals surface area contributed by atoms with E-state index in [4.69, 9.17) is 5.48 Å². The number of benzene rings is 4. The van der Waals surface area contributed by atoms with Crippen LogP contribution in [0, 0.1) is 44.7 Å². The van der Waals surface area contributed by atoms with Gasteiger partial charge in [-0.15, -0.1) is 69.8 Å². The molecule has 0 aliphatic heterocycles. The Balaban J connectivity index is 0.000000273. The van der Waals surface area contributed by atoms with Crippen molar-refractivity contribution < 1.29 is 48.7 Å². The number of carbonyl (C=O) groups excluding carboxylic acids is 1. The Hall–Kier alpha value is -4.65. The molecule has 1 unspecified atom stereocenters. The van der Waals surface area contributed by atoms with Crippen molar-refractivity contribution in [3.8, 4) is 22.5 Å². The monoisotopic (exact) mass is 1050 g/mol. The molecule has 0 saturated heterocycles. The van der Waals surface area contributed by atoms with Crippen LogP contribution in [0.1, 0.15) is 146 Å². The van der Waals surface area contributed by atoms with Crippen LogP contribution >= 0.6 is 0 Å². The molecule has 2 heterocycles. The number of allylic oxidation sites excluding steroid dienone is 2. The third-order valence-electron chi connectivity index (χ3n) is 11.2. The number of ketones is 1. The van der Waals surface area contributed by atoms with Gasteiger partial charge in [0.15, 0.2) is 5.78 Å². The minimum Gasteiger partial charge on any atom is -0.512 e. The van der Waals surface area contributed by atoms with Gasteiger partial charge in [-0.3, -0.25) is 4.79 Å². The van der Waals surface area contributed by atoms with Gasteiger partial charge < -0.3 is 15.1 Å². The second-order valence-electron chi connectivity index (χ2n) is 18.2. The van der Waals surface area contributed by atoms with E-state index in [0.717, 1.165) is 66.8 Å². The zero-order valence-electron chi connectivity index (χ0n) is 43.7. The van der Waals surface area contributed by atoms with Crippen LogP contribution in [0.2, 0.25) is 0 Å². The van der Waals surface area contributed by atoms with Gasteiger partial charge in [-0.25, -0.2) is 0 Å². The van der Waals surface area contributed by atoms with Crippen LogP contribution < -0.4 is 0 Å². The normalized spacial score (nSPS) is 13.3. The van der Waals surface area contributed by atoms with E-state index in [1.807, 2.05) is 65.0 Å². The number of carbonyl (C=O) groups is 1. The Kier molecular flexibility index (Phi) is 17.4. The molecule has 4 aromatic carbocycles. The molecular weight excluding hydrogens is 982 g/mol. The largest absolute Gasteiger partial charge is 0.512 e. The van der Waals surface area contributed by atoms with E-state index in [9.17, 15) is 23.1 Å². The molecule has 6 rings (SSSR count). The van der Waals surface area contributed by atoms with Crippen molar-refractivity contribution in [2.75, 3.05) is 0 Å². The quantitative estimate of drug-likeness (QED) is 0.0798. The topological polar surface area (TPSA) is 63.1 Å².